The van der Waals surface area contributed by atoms with Crippen LogP contribution in [0.15, 0.2) is 400 Å². The molecular formula is C112H66N4. The van der Waals surface area contributed by atoms with Gasteiger partial charge in [0.1, 0.15) is 0 Å². The fourth-order valence-corrected chi connectivity index (χ4v) is 21.2. The first kappa shape index (κ1) is 64.6. The van der Waals surface area contributed by atoms with E-state index in [9.17, 15) is 0 Å². The molecule has 4 aliphatic rings. The molecular weight excluding hydrogens is 1400 g/mol. The topological polar surface area (TPSA) is 51.6 Å². The van der Waals surface area contributed by atoms with Crippen molar-refractivity contribution in [3.63, 3.8) is 0 Å². The van der Waals surface area contributed by atoms with Crippen molar-refractivity contribution in [1.29, 1.82) is 0 Å². The summed E-state index contributed by atoms with van der Waals surface area (Å²) >= 11 is 0. The van der Waals surface area contributed by atoms with Gasteiger partial charge in [0.25, 0.3) is 0 Å². The average molecular weight is 1470 g/mol. The van der Waals surface area contributed by atoms with E-state index in [4.69, 9.17) is 19.9 Å². The fourth-order valence-electron chi connectivity index (χ4n) is 21.2. The Morgan fingerprint density at radius 1 is 0.147 bits per heavy atom. The second-order valence-electron chi connectivity index (χ2n) is 31.5. The van der Waals surface area contributed by atoms with Crippen molar-refractivity contribution in [3.05, 3.63) is 445 Å². The number of aromatic nitrogens is 4. The lowest BCUT2D eigenvalue weighted by atomic mass is 9.68. The van der Waals surface area contributed by atoms with E-state index in [1.807, 2.05) is 24.3 Å². The second kappa shape index (κ2) is 24.7. The van der Waals surface area contributed by atoms with Crippen LogP contribution in [0.3, 0.4) is 0 Å². The van der Waals surface area contributed by atoms with Gasteiger partial charge in [0.05, 0.1) is 33.6 Å². The highest BCUT2D eigenvalue weighted by Gasteiger charge is 2.56. The summed E-state index contributed by atoms with van der Waals surface area (Å²) in [6.45, 7) is 0. The van der Waals surface area contributed by atoms with Crippen molar-refractivity contribution in [2.45, 2.75) is 10.8 Å². The van der Waals surface area contributed by atoms with Gasteiger partial charge in [0, 0.05) is 33.4 Å². The van der Waals surface area contributed by atoms with Gasteiger partial charge in [-0.2, -0.15) is 0 Å². The van der Waals surface area contributed by atoms with Crippen molar-refractivity contribution >= 4 is 64.6 Å². The standard InChI is InChI=1S/C112H66N4/c1-4-29-68(30-5-1)99-65-101(114-109(113-99)71-33-8-3-9-34-71)70-57-55-67(56-58-70)90-63-97-103(84-46-15-11-39-77(84)90)106-87-49-18-12-40-78(87)91-62-73(59-60-89(91)108(106)111(97)93-51-24-20-42-80(93)81-43-21-25-52-94(81)111)72-35-28-36-74(61-72)102-66-100(69-31-6-2-7-32-69)115-110(116-102)92-64-98-104(85-47-16-13-41-79(85)92)105-86-48-17-10-37-75(86)76-38-14-19-50-88(76)107(105)112(98)95-53-26-22-44-82(95)83-45-23-27-54-96(83)112/h1-66H. The van der Waals surface area contributed by atoms with Gasteiger partial charge in [0.15, 0.2) is 11.6 Å². The van der Waals surface area contributed by atoms with Crippen LogP contribution in [-0.4, -0.2) is 19.9 Å². The van der Waals surface area contributed by atoms with Gasteiger partial charge < -0.3 is 0 Å². The normalized spacial score (nSPS) is 13.3. The van der Waals surface area contributed by atoms with Crippen LogP contribution in [0, 0.1) is 0 Å². The summed E-state index contributed by atoms with van der Waals surface area (Å²) in [5, 5.41) is 14.6. The zero-order valence-corrected chi connectivity index (χ0v) is 62.9. The van der Waals surface area contributed by atoms with E-state index in [0.29, 0.717) is 11.6 Å². The largest absolute Gasteiger partial charge is 0.228 e. The van der Waals surface area contributed by atoms with Gasteiger partial charge >= 0.3 is 0 Å². The highest BCUT2D eigenvalue weighted by Crippen LogP contribution is 2.69. The monoisotopic (exact) mass is 1470 g/mol. The molecule has 0 radical (unpaired) electrons. The molecule has 0 bridgehead atoms. The van der Waals surface area contributed by atoms with Crippen LogP contribution in [0.2, 0.25) is 0 Å². The first-order valence-corrected chi connectivity index (χ1v) is 40.2. The van der Waals surface area contributed by atoms with Crippen molar-refractivity contribution in [1.82, 2.24) is 19.9 Å². The second-order valence-corrected chi connectivity index (χ2v) is 31.5. The molecule has 2 spiro atoms. The van der Waals surface area contributed by atoms with Crippen molar-refractivity contribution < 1.29 is 0 Å². The lowest BCUT2D eigenvalue weighted by Crippen LogP contribution is -2.26. The average Bonchev–Trinajstić information content (AvgIpc) is 1.49. The van der Waals surface area contributed by atoms with Crippen LogP contribution in [0.1, 0.15) is 44.5 Å². The van der Waals surface area contributed by atoms with Gasteiger partial charge in [-0.1, -0.05) is 364 Å². The number of hydrogen-bond acceptors (Lipinski definition) is 4. The lowest BCUT2D eigenvalue weighted by Gasteiger charge is -2.32. The van der Waals surface area contributed by atoms with Gasteiger partial charge in [-0.15, -0.1) is 0 Å². The van der Waals surface area contributed by atoms with E-state index < -0.39 is 10.8 Å². The molecule has 0 amide bonds. The maximum absolute atomic E-state index is 5.86. The molecule has 0 saturated carbocycles. The summed E-state index contributed by atoms with van der Waals surface area (Å²) in [5.74, 6) is 1.37. The summed E-state index contributed by atoms with van der Waals surface area (Å²) in [4.78, 5) is 22.0. The third-order valence-electron chi connectivity index (χ3n) is 25.9. The van der Waals surface area contributed by atoms with Crippen LogP contribution in [0.25, 0.3) is 199 Å². The van der Waals surface area contributed by atoms with E-state index in [1.54, 1.807) is 0 Å². The first-order valence-electron chi connectivity index (χ1n) is 40.2. The molecule has 0 atom stereocenters. The maximum Gasteiger partial charge on any atom is 0.161 e. The van der Waals surface area contributed by atoms with E-state index in [-0.39, 0.29) is 0 Å². The number of hydrogen-bond donors (Lipinski definition) is 0. The lowest BCUT2D eigenvalue weighted by molar-refractivity contribution is 0.802. The molecule has 19 aromatic carbocycles. The number of nitrogens with zero attached hydrogens (tertiary/aromatic N) is 4. The third kappa shape index (κ3) is 8.98. The molecule has 0 fully saturated rings. The number of rotatable bonds is 8. The maximum atomic E-state index is 5.86. The van der Waals surface area contributed by atoms with Crippen molar-refractivity contribution in [2.75, 3.05) is 0 Å². The van der Waals surface area contributed by atoms with E-state index in [2.05, 4.69) is 376 Å². The first-order chi connectivity index (χ1) is 57.5. The summed E-state index contributed by atoms with van der Waals surface area (Å²) in [7, 11) is 0. The Hall–Kier alpha value is -15.1. The Morgan fingerprint density at radius 2 is 0.457 bits per heavy atom. The van der Waals surface area contributed by atoms with Crippen LogP contribution >= 0.6 is 0 Å². The Morgan fingerprint density at radius 3 is 0.948 bits per heavy atom. The molecule has 2 heterocycles. The summed E-state index contributed by atoms with van der Waals surface area (Å²) < 4.78 is 0. The molecule has 4 aliphatic carbocycles. The molecule has 116 heavy (non-hydrogen) atoms. The third-order valence-corrected chi connectivity index (χ3v) is 25.9. The summed E-state index contributed by atoms with van der Waals surface area (Å²) in [6.07, 6.45) is 0. The van der Waals surface area contributed by atoms with E-state index in [0.717, 1.165) is 78.2 Å². The Balaban J connectivity index is 0.672. The summed E-state index contributed by atoms with van der Waals surface area (Å²) in [5.41, 5.74) is 33.3. The molecule has 0 saturated heterocycles. The fraction of sp³-hybridized carbons (Fsp3) is 0.0179. The minimum atomic E-state index is -0.701. The minimum Gasteiger partial charge on any atom is -0.228 e. The quantitative estimate of drug-likeness (QED) is 0.142. The Bertz CT molecular complexity index is 7670. The van der Waals surface area contributed by atoms with Gasteiger partial charge in [-0.3, -0.25) is 0 Å². The highest BCUT2D eigenvalue weighted by molar-refractivity contribution is 6.26. The van der Waals surface area contributed by atoms with Crippen LogP contribution in [0.4, 0.5) is 0 Å². The number of benzene rings is 19. The van der Waals surface area contributed by atoms with E-state index >= 15 is 0 Å². The molecule has 0 N–H and O–H groups in total. The SMILES string of the molecule is c1ccc(-c2cc(-c3ccc(-c4cc5c(c6ccccc46)-c4c(c6ccc(-c7cccc(-c8cc(-c9ccccc9)nc(-c9cc%10c(c%11ccccc9%11)-c9c(c%11ccccc%11c%11ccccc9%11)C%109c%10ccccc%10-c%10ccccc%109)n8)c7)cc6c6ccccc46)C54c5ccccc5-c5ccccc54)cc3)nc(-c3ccccc3)n2)cc1. The predicted molar refractivity (Wildman–Crippen MR) is 479 cm³/mol. The molecule has 25 rings (SSSR count). The molecule has 21 aromatic rings. The molecule has 0 aliphatic heterocycles. The molecule has 4 heteroatoms. The molecule has 4 nitrogen and oxygen atoms in total. The van der Waals surface area contributed by atoms with E-state index in [1.165, 1.54) is 154 Å². The zero-order chi connectivity index (χ0) is 75.9. The smallest absolute Gasteiger partial charge is 0.161 e. The predicted octanol–water partition coefficient (Wildman–Crippen LogP) is 28.2. The minimum absolute atomic E-state index is 0.674. The van der Waals surface area contributed by atoms with Crippen molar-refractivity contribution in [3.8, 4) is 135 Å². The van der Waals surface area contributed by atoms with Gasteiger partial charge in [0.2, 0.25) is 0 Å². The van der Waals surface area contributed by atoms with Gasteiger partial charge in [-0.25, -0.2) is 19.9 Å². The highest BCUT2D eigenvalue weighted by atomic mass is 14.9. The Labute approximate surface area is 670 Å². The summed E-state index contributed by atoms with van der Waals surface area (Å²) in [6, 6.07) is 149. The number of fused-ring (bicyclic) bond motifs is 34. The van der Waals surface area contributed by atoms with Crippen molar-refractivity contribution in [2.24, 2.45) is 0 Å². The molecule has 2 aromatic heterocycles. The zero-order valence-electron chi connectivity index (χ0n) is 62.9. The van der Waals surface area contributed by atoms with Crippen LogP contribution in [-0.2, 0) is 10.8 Å². The Kier molecular flexibility index (Phi) is 13.7. The molecule has 0 unspecified atom stereocenters. The molecule has 534 valence electrons. The van der Waals surface area contributed by atoms with Gasteiger partial charge in [-0.05, 0) is 212 Å². The van der Waals surface area contributed by atoms with Crippen LogP contribution < -0.4 is 0 Å². The van der Waals surface area contributed by atoms with Crippen LogP contribution in [0.5, 0.6) is 0 Å².